The Morgan fingerprint density at radius 2 is 2.27 bits per heavy atom. The van der Waals surface area contributed by atoms with Crippen LogP contribution in [-0.2, 0) is 4.79 Å². The highest BCUT2D eigenvalue weighted by Crippen LogP contribution is 2.43. The Balaban J connectivity index is 1.64. The first-order chi connectivity index (χ1) is 10.6. The number of amides is 1. The van der Waals surface area contributed by atoms with Crippen molar-refractivity contribution in [2.75, 3.05) is 19.6 Å². The van der Waals surface area contributed by atoms with Crippen molar-refractivity contribution in [3.05, 3.63) is 35.4 Å². The smallest absolute Gasteiger partial charge is 0.227 e. The lowest BCUT2D eigenvalue weighted by Crippen LogP contribution is -2.48. The van der Waals surface area contributed by atoms with Crippen LogP contribution >= 0.6 is 0 Å². The van der Waals surface area contributed by atoms with Crippen molar-refractivity contribution >= 4 is 5.91 Å². The van der Waals surface area contributed by atoms with Crippen LogP contribution in [0.4, 0.5) is 0 Å². The van der Waals surface area contributed by atoms with Gasteiger partial charge in [0.1, 0.15) is 0 Å². The number of aliphatic hydroxyl groups is 1. The molecule has 4 nitrogen and oxygen atoms in total. The van der Waals surface area contributed by atoms with Crippen molar-refractivity contribution in [1.29, 1.82) is 0 Å². The molecule has 1 saturated carbocycles. The van der Waals surface area contributed by atoms with E-state index in [-0.39, 0.29) is 17.9 Å². The minimum absolute atomic E-state index is 0.120. The SMILES string of the molecule is Cc1ccccc1C(O)CNC(=O)[C@@]12CCCC[C@H]1CNC2. The van der Waals surface area contributed by atoms with E-state index in [1.54, 1.807) is 0 Å². The van der Waals surface area contributed by atoms with Gasteiger partial charge in [-0.15, -0.1) is 0 Å². The summed E-state index contributed by atoms with van der Waals surface area (Å²) >= 11 is 0. The second kappa shape index (κ2) is 6.39. The summed E-state index contributed by atoms with van der Waals surface area (Å²) in [6.45, 7) is 4.01. The van der Waals surface area contributed by atoms with Gasteiger partial charge in [-0.3, -0.25) is 4.79 Å². The number of aliphatic hydroxyl groups excluding tert-OH is 1. The first kappa shape index (κ1) is 15.5. The van der Waals surface area contributed by atoms with Crippen molar-refractivity contribution in [2.24, 2.45) is 11.3 Å². The molecule has 3 atom stereocenters. The molecule has 0 bridgehead atoms. The summed E-state index contributed by atoms with van der Waals surface area (Å²) in [6.07, 6.45) is 3.83. The molecule has 0 radical (unpaired) electrons. The van der Waals surface area contributed by atoms with Crippen LogP contribution in [0.5, 0.6) is 0 Å². The van der Waals surface area contributed by atoms with Gasteiger partial charge < -0.3 is 15.7 Å². The van der Waals surface area contributed by atoms with Gasteiger partial charge in [0.25, 0.3) is 0 Å². The molecule has 3 N–H and O–H groups in total. The first-order valence-corrected chi connectivity index (χ1v) is 8.36. The zero-order chi connectivity index (χ0) is 15.6. The molecule has 1 aliphatic carbocycles. The van der Waals surface area contributed by atoms with Gasteiger partial charge in [0.15, 0.2) is 0 Å². The fourth-order valence-corrected chi connectivity index (χ4v) is 4.13. The molecule has 120 valence electrons. The number of carbonyl (C=O) groups excluding carboxylic acids is 1. The molecule has 1 amide bonds. The number of hydrogen-bond donors (Lipinski definition) is 3. The van der Waals surface area contributed by atoms with Crippen LogP contribution in [0, 0.1) is 18.3 Å². The maximum absolute atomic E-state index is 12.8. The molecule has 1 saturated heterocycles. The molecule has 2 aliphatic rings. The Bertz CT molecular complexity index is 546. The van der Waals surface area contributed by atoms with E-state index in [1.165, 1.54) is 6.42 Å². The standard InChI is InChI=1S/C18H26N2O2/c1-13-6-2-3-8-15(13)16(21)11-20-17(22)18-9-5-4-7-14(18)10-19-12-18/h2-3,6,8,14,16,19,21H,4-5,7,9-12H2,1H3,(H,20,22)/t14-,16?,18+/m0/s1. The molecular formula is C18H26N2O2. The Hall–Kier alpha value is -1.39. The van der Waals surface area contributed by atoms with E-state index < -0.39 is 6.10 Å². The van der Waals surface area contributed by atoms with E-state index in [9.17, 15) is 9.90 Å². The van der Waals surface area contributed by atoms with E-state index in [2.05, 4.69) is 10.6 Å². The van der Waals surface area contributed by atoms with E-state index in [0.717, 1.165) is 43.5 Å². The average Bonchev–Trinajstić information content (AvgIpc) is 2.98. The van der Waals surface area contributed by atoms with Gasteiger partial charge in [0, 0.05) is 13.1 Å². The van der Waals surface area contributed by atoms with Crippen LogP contribution in [0.2, 0.25) is 0 Å². The first-order valence-electron chi connectivity index (χ1n) is 8.36. The van der Waals surface area contributed by atoms with Gasteiger partial charge in [0.05, 0.1) is 11.5 Å². The van der Waals surface area contributed by atoms with Crippen LogP contribution in [0.3, 0.4) is 0 Å². The number of carbonyl (C=O) groups is 1. The highest BCUT2D eigenvalue weighted by Gasteiger charge is 2.49. The lowest BCUT2D eigenvalue weighted by atomic mass is 9.67. The van der Waals surface area contributed by atoms with E-state index in [4.69, 9.17) is 0 Å². The molecule has 1 heterocycles. The zero-order valence-corrected chi connectivity index (χ0v) is 13.3. The summed E-state index contributed by atoms with van der Waals surface area (Å²) in [4.78, 5) is 12.8. The van der Waals surface area contributed by atoms with Crippen LogP contribution in [0.1, 0.15) is 42.9 Å². The van der Waals surface area contributed by atoms with Crippen molar-refractivity contribution in [2.45, 2.75) is 38.7 Å². The maximum Gasteiger partial charge on any atom is 0.227 e. The fourth-order valence-electron chi connectivity index (χ4n) is 4.13. The topological polar surface area (TPSA) is 61.4 Å². The third-order valence-corrected chi connectivity index (χ3v) is 5.49. The predicted octanol–water partition coefficient (Wildman–Crippen LogP) is 1.92. The van der Waals surface area contributed by atoms with Crippen molar-refractivity contribution in [3.63, 3.8) is 0 Å². The monoisotopic (exact) mass is 302 g/mol. The van der Waals surface area contributed by atoms with Crippen molar-refractivity contribution in [1.82, 2.24) is 10.6 Å². The molecular weight excluding hydrogens is 276 g/mol. The molecule has 1 unspecified atom stereocenters. The van der Waals surface area contributed by atoms with Gasteiger partial charge in [-0.05, 0) is 43.4 Å². The summed E-state index contributed by atoms with van der Waals surface area (Å²) in [5.41, 5.74) is 1.70. The van der Waals surface area contributed by atoms with Crippen molar-refractivity contribution < 1.29 is 9.90 Å². The Morgan fingerprint density at radius 1 is 1.45 bits per heavy atom. The number of fused-ring (bicyclic) bond motifs is 1. The summed E-state index contributed by atoms with van der Waals surface area (Å²) < 4.78 is 0. The molecule has 0 spiro atoms. The van der Waals surface area contributed by atoms with Crippen LogP contribution in [-0.4, -0.2) is 30.6 Å². The molecule has 1 aliphatic heterocycles. The summed E-state index contributed by atoms with van der Waals surface area (Å²) in [6, 6.07) is 7.78. The second-order valence-corrected chi connectivity index (χ2v) is 6.81. The number of nitrogens with one attached hydrogen (secondary N) is 2. The average molecular weight is 302 g/mol. The highest BCUT2D eigenvalue weighted by atomic mass is 16.3. The zero-order valence-electron chi connectivity index (χ0n) is 13.3. The highest BCUT2D eigenvalue weighted by molar-refractivity contribution is 5.84. The predicted molar refractivity (Wildman–Crippen MR) is 86.4 cm³/mol. The number of hydrogen-bond acceptors (Lipinski definition) is 3. The van der Waals surface area contributed by atoms with Gasteiger partial charge in [-0.1, -0.05) is 37.1 Å². The summed E-state index contributed by atoms with van der Waals surface area (Å²) in [5, 5.41) is 16.8. The Labute approximate surface area is 132 Å². The largest absolute Gasteiger partial charge is 0.387 e. The normalized spacial score (nSPS) is 28.9. The molecule has 1 aromatic carbocycles. The van der Waals surface area contributed by atoms with Gasteiger partial charge in [-0.25, -0.2) is 0 Å². The molecule has 0 aromatic heterocycles. The molecule has 22 heavy (non-hydrogen) atoms. The molecule has 2 fully saturated rings. The molecule has 3 rings (SSSR count). The maximum atomic E-state index is 12.8. The Morgan fingerprint density at radius 3 is 3.09 bits per heavy atom. The summed E-state index contributed by atoms with van der Waals surface area (Å²) in [5.74, 6) is 0.576. The molecule has 1 aromatic rings. The quantitative estimate of drug-likeness (QED) is 0.796. The van der Waals surface area contributed by atoms with Gasteiger partial charge >= 0.3 is 0 Å². The summed E-state index contributed by atoms with van der Waals surface area (Å²) in [7, 11) is 0. The third-order valence-electron chi connectivity index (χ3n) is 5.49. The Kier molecular flexibility index (Phi) is 4.50. The minimum Gasteiger partial charge on any atom is -0.387 e. The van der Waals surface area contributed by atoms with Gasteiger partial charge in [-0.2, -0.15) is 0 Å². The third kappa shape index (κ3) is 2.77. The molecule has 4 heteroatoms. The van der Waals surface area contributed by atoms with Crippen LogP contribution < -0.4 is 10.6 Å². The van der Waals surface area contributed by atoms with E-state index in [0.29, 0.717) is 5.92 Å². The second-order valence-electron chi connectivity index (χ2n) is 6.81. The lowest BCUT2D eigenvalue weighted by Gasteiger charge is -2.37. The number of benzene rings is 1. The fraction of sp³-hybridized carbons (Fsp3) is 0.611. The number of rotatable bonds is 4. The van der Waals surface area contributed by atoms with Crippen LogP contribution in [0.15, 0.2) is 24.3 Å². The minimum atomic E-state index is -0.641. The van der Waals surface area contributed by atoms with E-state index in [1.807, 2.05) is 31.2 Å². The number of aryl methyl sites for hydroxylation is 1. The van der Waals surface area contributed by atoms with Crippen LogP contribution in [0.25, 0.3) is 0 Å². The van der Waals surface area contributed by atoms with Crippen molar-refractivity contribution in [3.8, 4) is 0 Å². The van der Waals surface area contributed by atoms with Gasteiger partial charge in [0.2, 0.25) is 5.91 Å². The lowest BCUT2D eigenvalue weighted by molar-refractivity contribution is -0.134. The van der Waals surface area contributed by atoms with E-state index >= 15 is 0 Å².